The van der Waals surface area contributed by atoms with E-state index >= 15 is 0 Å². The second kappa shape index (κ2) is 8.35. The van der Waals surface area contributed by atoms with Crippen molar-refractivity contribution in [2.24, 2.45) is 0 Å². The van der Waals surface area contributed by atoms with Gasteiger partial charge in [0.2, 0.25) is 0 Å². The van der Waals surface area contributed by atoms with E-state index in [1.165, 1.54) is 5.57 Å². The number of allylic oxidation sites excluding steroid dienone is 1. The smallest absolute Gasteiger partial charge is 0.335 e. The van der Waals surface area contributed by atoms with Gasteiger partial charge in [-0.2, -0.15) is 0 Å². The Labute approximate surface area is 119 Å². The summed E-state index contributed by atoms with van der Waals surface area (Å²) in [6.45, 7) is 12.3. The standard InChI is InChI=1S/C14H24BrNO2/c1-7-11(5)13(15)16(10(3)4)9-12(6)14(17)18-8-2/h9-10H,7-8H2,1-6H3/b12-9+,13-11?. The lowest BCUT2D eigenvalue weighted by atomic mass is 10.2. The molecule has 0 rings (SSSR count). The van der Waals surface area contributed by atoms with Gasteiger partial charge in [-0.05, 0) is 62.5 Å². The van der Waals surface area contributed by atoms with Gasteiger partial charge in [0, 0.05) is 12.2 Å². The Kier molecular flexibility index (Phi) is 8.00. The Morgan fingerprint density at radius 3 is 2.28 bits per heavy atom. The zero-order chi connectivity index (χ0) is 14.3. The topological polar surface area (TPSA) is 29.5 Å². The van der Waals surface area contributed by atoms with Crippen LogP contribution in [-0.4, -0.2) is 23.5 Å². The summed E-state index contributed by atoms with van der Waals surface area (Å²) in [6.07, 6.45) is 2.81. The Morgan fingerprint density at radius 1 is 1.33 bits per heavy atom. The van der Waals surface area contributed by atoms with Crippen molar-refractivity contribution in [3.8, 4) is 0 Å². The molecule has 0 amide bonds. The van der Waals surface area contributed by atoms with Crippen molar-refractivity contribution in [2.75, 3.05) is 6.61 Å². The molecule has 0 saturated heterocycles. The zero-order valence-electron chi connectivity index (χ0n) is 12.2. The van der Waals surface area contributed by atoms with E-state index in [4.69, 9.17) is 4.74 Å². The molecule has 0 N–H and O–H groups in total. The minimum Gasteiger partial charge on any atom is -0.463 e. The van der Waals surface area contributed by atoms with Crippen molar-refractivity contribution in [1.82, 2.24) is 4.90 Å². The molecule has 18 heavy (non-hydrogen) atoms. The highest BCUT2D eigenvalue weighted by Gasteiger charge is 2.14. The Balaban J connectivity index is 5.17. The van der Waals surface area contributed by atoms with E-state index in [1.807, 2.05) is 18.0 Å². The molecule has 0 saturated carbocycles. The Bertz CT molecular complexity index is 346. The van der Waals surface area contributed by atoms with Crippen molar-refractivity contribution < 1.29 is 9.53 Å². The monoisotopic (exact) mass is 317 g/mol. The minimum atomic E-state index is -0.266. The number of rotatable bonds is 6. The van der Waals surface area contributed by atoms with E-state index in [-0.39, 0.29) is 12.0 Å². The molecule has 0 radical (unpaired) electrons. The maximum absolute atomic E-state index is 11.6. The van der Waals surface area contributed by atoms with Crippen LogP contribution in [0.25, 0.3) is 0 Å². The van der Waals surface area contributed by atoms with Gasteiger partial charge >= 0.3 is 5.97 Å². The molecular weight excluding hydrogens is 294 g/mol. The molecule has 0 atom stereocenters. The lowest BCUT2D eigenvalue weighted by molar-refractivity contribution is -0.138. The van der Waals surface area contributed by atoms with Crippen molar-refractivity contribution in [3.05, 3.63) is 22.0 Å². The fraction of sp³-hybridized carbons (Fsp3) is 0.643. The molecule has 0 heterocycles. The fourth-order valence-corrected chi connectivity index (χ4v) is 2.10. The molecule has 3 nitrogen and oxygen atoms in total. The number of hydrogen-bond donors (Lipinski definition) is 0. The summed E-state index contributed by atoms with van der Waals surface area (Å²) in [4.78, 5) is 13.7. The highest BCUT2D eigenvalue weighted by molar-refractivity contribution is 9.11. The van der Waals surface area contributed by atoms with Crippen LogP contribution in [0.15, 0.2) is 22.0 Å². The first-order valence-electron chi connectivity index (χ1n) is 6.34. The zero-order valence-corrected chi connectivity index (χ0v) is 13.8. The predicted molar refractivity (Wildman–Crippen MR) is 79.3 cm³/mol. The van der Waals surface area contributed by atoms with Crippen LogP contribution < -0.4 is 0 Å². The summed E-state index contributed by atoms with van der Waals surface area (Å²) in [5, 5.41) is 0. The van der Waals surface area contributed by atoms with E-state index in [1.54, 1.807) is 6.92 Å². The fourth-order valence-electron chi connectivity index (χ4n) is 1.30. The molecule has 4 heteroatoms. The van der Waals surface area contributed by atoms with Crippen molar-refractivity contribution >= 4 is 21.9 Å². The number of nitrogens with zero attached hydrogens (tertiary/aromatic N) is 1. The van der Waals surface area contributed by atoms with E-state index in [0.29, 0.717) is 12.2 Å². The van der Waals surface area contributed by atoms with Crippen LogP contribution in [0.4, 0.5) is 0 Å². The van der Waals surface area contributed by atoms with E-state index in [9.17, 15) is 4.79 Å². The van der Waals surface area contributed by atoms with Gasteiger partial charge in [0.1, 0.15) is 0 Å². The third-order valence-electron chi connectivity index (χ3n) is 2.60. The number of carbonyl (C=O) groups excluding carboxylic acids is 1. The van der Waals surface area contributed by atoms with Crippen LogP contribution in [0.1, 0.15) is 48.0 Å². The number of halogens is 1. The lowest BCUT2D eigenvalue weighted by Crippen LogP contribution is -2.24. The molecule has 0 unspecified atom stereocenters. The second-order valence-corrected chi connectivity index (χ2v) is 5.21. The van der Waals surface area contributed by atoms with Gasteiger partial charge in [-0.1, -0.05) is 6.92 Å². The van der Waals surface area contributed by atoms with Crippen LogP contribution in [0, 0.1) is 0 Å². The van der Waals surface area contributed by atoms with Gasteiger partial charge in [-0.15, -0.1) is 0 Å². The highest BCUT2D eigenvalue weighted by atomic mass is 79.9. The number of esters is 1. The Morgan fingerprint density at radius 2 is 1.89 bits per heavy atom. The first kappa shape index (κ1) is 17.2. The molecule has 0 aliphatic heterocycles. The number of hydrogen-bond acceptors (Lipinski definition) is 3. The summed E-state index contributed by atoms with van der Waals surface area (Å²) in [6, 6.07) is 0.269. The number of ether oxygens (including phenoxy) is 1. The SMILES string of the molecule is CCOC(=O)/C(C)=C/N(C(Br)=C(C)CC)C(C)C. The summed E-state index contributed by atoms with van der Waals surface area (Å²) in [7, 11) is 0. The molecule has 0 bridgehead atoms. The van der Waals surface area contributed by atoms with Gasteiger partial charge in [0.25, 0.3) is 0 Å². The molecular formula is C14H24BrNO2. The molecule has 0 aliphatic carbocycles. The van der Waals surface area contributed by atoms with Gasteiger partial charge < -0.3 is 9.64 Å². The van der Waals surface area contributed by atoms with Crippen molar-refractivity contribution in [1.29, 1.82) is 0 Å². The van der Waals surface area contributed by atoms with Crippen molar-refractivity contribution in [2.45, 2.75) is 54.0 Å². The minimum absolute atomic E-state index is 0.266. The van der Waals surface area contributed by atoms with E-state index in [0.717, 1.165) is 11.0 Å². The first-order chi connectivity index (χ1) is 8.34. The molecule has 0 aromatic carbocycles. The van der Waals surface area contributed by atoms with Gasteiger partial charge in [-0.25, -0.2) is 4.79 Å². The predicted octanol–water partition coefficient (Wildman–Crippen LogP) is 4.20. The summed E-state index contributed by atoms with van der Waals surface area (Å²) >= 11 is 3.60. The van der Waals surface area contributed by atoms with Crippen molar-refractivity contribution in [3.63, 3.8) is 0 Å². The lowest BCUT2D eigenvalue weighted by Gasteiger charge is -2.26. The summed E-state index contributed by atoms with van der Waals surface area (Å²) in [5.41, 5.74) is 1.85. The summed E-state index contributed by atoms with van der Waals surface area (Å²) in [5.74, 6) is -0.266. The molecule has 0 aliphatic rings. The van der Waals surface area contributed by atoms with E-state index < -0.39 is 0 Å². The Hall–Kier alpha value is -0.770. The maximum atomic E-state index is 11.6. The highest BCUT2D eigenvalue weighted by Crippen LogP contribution is 2.23. The van der Waals surface area contributed by atoms with Crippen LogP contribution in [0.2, 0.25) is 0 Å². The van der Waals surface area contributed by atoms with Gasteiger partial charge in [0.15, 0.2) is 0 Å². The van der Waals surface area contributed by atoms with Crippen LogP contribution in [-0.2, 0) is 9.53 Å². The average molecular weight is 318 g/mol. The normalized spacial score (nSPS) is 13.4. The van der Waals surface area contributed by atoms with Gasteiger partial charge in [-0.3, -0.25) is 0 Å². The van der Waals surface area contributed by atoms with Gasteiger partial charge in [0.05, 0.1) is 16.8 Å². The molecule has 0 fully saturated rings. The first-order valence-corrected chi connectivity index (χ1v) is 7.13. The third kappa shape index (κ3) is 5.25. The number of carbonyl (C=O) groups is 1. The third-order valence-corrected chi connectivity index (χ3v) is 3.68. The second-order valence-electron chi connectivity index (χ2n) is 4.46. The largest absolute Gasteiger partial charge is 0.463 e. The van der Waals surface area contributed by atoms with E-state index in [2.05, 4.69) is 43.6 Å². The maximum Gasteiger partial charge on any atom is 0.335 e. The summed E-state index contributed by atoms with van der Waals surface area (Å²) < 4.78 is 6.00. The average Bonchev–Trinajstić information content (AvgIpc) is 2.33. The van der Waals surface area contributed by atoms with Crippen LogP contribution >= 0.6 is 15.9 Å². The molecule has 0 aromatic rings. The molecule has 0 spiro atoms. The quantitative estimate of drug-likeness (QED) is 0.418. The van der Waals surface area contributed by atoms with Crippen LogP contribution in [0.5, 0.6) is 0 Å². The molecule has 0 aromatic heterocycles. The molecule has 104 valence electrons. The van der Waals surface area contributed by atoms with Crippen LogP contribution in [0.3, 0.4) is 0 Å².